The summed E-state index contributed by atoms with van der Waals surface area (Å²) in [6.07, 6.45) is 0. The number of rotatable bonds is 2. The van der Waals surface area contributed by atoms with Crippen LogP contribution >= 0.6 is 11.6 Å². The molecule has 4 nitrogen and oxygen atoms in total. The van der Waals surface area contributed by atoms with Crippen molar-refractivity contribution in [2.75, 3.05) is 20.0 Å². The molecule has 0 unspecified atom stereocenters. The van der Waals surface area contributed by atoms with Gasteiger partial charge in [-0.2, -0.15) is 0 Å². The van der Waals surface area contributed by atoms with Gasteiger partial charge in [-0.25, -0.2) is 4.98 Å². The monoisotopic (exact) mass is 252 g/mol. The smallest absolute Gasteiger partial charge is 0.151 e. The number of hydrogen-bond acceptors (Lipinski definition) is 4. The van der Waals surface area contributed by atoms with E-state index >= 15 is 0 Å². The van der Waals surface area contributed by atoms with Crippen LogP contribution in [0.15, 0.2) is 12.1 Å². The number of anilines is 1. The molecule has 0 aliphatic carbocycles. The van der Waals surface area contributed by atoms with E-state index in [2.05, 4.69) is 4.98 Å². The SMILES string of the molecule is COc1cc(N)c(OC)c2c(C)cc(Cl)nc12. The van der Waals surface area contributed by atoms with Crippen molar-refractivity contribution in [1.82, 2.24) is 4.98 Å². The Labute approximate surface area is 104 Å². The number of nitrogens with zero attached hydrogens (tertiary/aromatic N) is 1. The molecule has 0 amide bonds. The van der Waals surface area contributed by atoms with Crippen LogP contribution in [-0.2, 0) is 0 Å². The molecule has 2 N–H and O–H groups in total. The molecule has 0 saturated carbocycles. The minimum absolute atomic E-state index is 0.417. The number of aromatic nitrogens is 1. The zero-order chi connectivity index (χ0) is 12.6. The fourth-order valence-electron chi connectivity index (χ4n) is 1.89. The van der Waals surface area contributed by atoms with Gasteiger partial charge in [-0.1, -0.05) is 11.6 Å². The summed E-state index contributed by atoms with van der Waals surface area (Å²) in [6.45, 7) is 1.93. The predicted molar refractivity (Wildman–Crippen MR) is 69.0 cm³/mol. The molecule has 17 heavy (non-hydrogen) atoms. The maximum atomic E-state index is 5.95. The maximum Gasteiger partial charge on any atom is 0.151 e. The molecule has 1 heterocycles. The number of hydrogen-bond donors (Lipinski definition) is 1. The lowest BCUT2D eigenvalue weighted by molar-refractivity contribution is 0.411. The van der Waals surface area contributed by atoms with Crippen molar-refractivity contribution >= 4 is 28.2 Å². The van der Waals surface area contributed by atoms with Crippen molar-refractivity contribution in [3.05, 3.63) is 22.8 Å². The van der Waals surface area contributed by atoms with Crippen molar-refractivity contribution in [2.45, 2.75) is 6.92 Å². The average molecular weight is 253 g/mol. The van der Waals surface area contributed by atoms with E-state index in [1.54, 1.807) is 26.4 Å². The van der Waals surface area contributed by atoms with E-state index in [4.69, 9.17) is 26.8 Å². The third-order valence-electron chi connectivity index (χ3n) is 2.62. The molecule has 0 atom stereocenters. The zero-order valence-corrected chi connectivity index (χ0v) is 10.6. The van der Waals surface area contributed by atoms with E-state index in [-0.39, 0.29) is 0 Å². The fraction of sp³-hybridized carbons (Fsp3) is 0.250. The van der Waals surface area contributed by atoms with Crippen LogP contribution < -0.4 is 15.2 Å². The summed E-state index contributed by atoms with van der Waals surface area (Å²) in [4.78, 5) is 4.26. The second kappa shape index (κ2) is 4.30. The fourth-order valence-corrected chi connectivity index (χ4v) is 2.14. The van der Waals surface area contributed by atoms with Gasteiger partial charge in [0.1, 0.15) is 16.4 Å². The van der Waals surface area contributed by atoms with Crippen LogP contribution in [0.2, 0.25) is 5.15 Å². The third-order valence-corrected chi connectivity index (χ3v) is 2.81. The van der Waals surface area contributed by atoms with Gasteiger partial charge in [-0.05, 0) is 18.6 Å². The van der Waals surface area contributed by atoms with Gasteiger partial charge in [-0.3, -0.25) is 0 Å². The molecular weight excluding hydrogens is 240 g/mol. The van der Waals surface area contributed by atoms with E-state index in [1.165, 1.54) is 0 Å². The van der Waals surface area contributed by atoms with E-state index in [0.717, 1.165) is 10.9 Å². The highest BCUT2D eigenvalue weighted by Gasteiger charge is 2.15. The molecule has 0 spiro atoms. The summed E-state index contributed by atoms with van der Waals surface area (Å²) < 4.78 is 10.6. The third kappa shape index (κ3) is 1.85. The summed E-state index contributed by atoms with van der Waals surface area (Å²) in [5, 5.41) is 1.24. The summed E-state index contributed by atoms with van der Waals surface area (Å²) in [5.74, 6) is 1.19. The Bertz CT molecular complexity index is 584. The highest BCUT2D eigenvalue weighted by molar-refractivity contribution is 6.30. The molecule has 1 aromatic carbocycles. The first-order chi connectivity index (χ1) is 8.08. The van der Waals surface area contributed by atoms with Gasteiger partial charge in [0.15, 0.2) is 5.75 Å². The molecule has 90 valence electrons. The normalized spacial score (nSPS) is 10.6. The first-order valence-electron chi connectivity index (χ1n) is 5.05. The summed E-state index contributed by atoms with van der Waals surface area (Å²) in [6, 6.07) is 3.45. The number of benzene rings is 1. The van der Waals surface area contributed by atoms with Crippen molar-refractivity contribution in [3.63, 3.8) is 0 Å². The molecule has 0 radical (unpaired) electrons. The molecular formula is C12H13ClN2O2. The van der Waals surface area contributed by atoms with Crippen LogP contribution in [-0.4, -0.2) is 19.2 Å². The number of nitrogen functional groups attached to an aromatic ring is 1. The first-order valence-corrected chi connectivity index (χ1v) is 5.43. The van der Waals surface area contributed by atoms with Gasteiger partial charge in [0.25, 0.3) is 0 Å². The number of halogens is 1. The summed E-state index contributed by atoms with van der Waals surface area (Å²) in [7, 11) is 3.14. The highest BCUT2D eigenvalue weighted by Crippen LogP contribution is 2.39. The van der Waals surface area contributed by atoms with Gasteiger partial charge < -0.3 is 15.2 Å². The lowest BCUT2D eigenvalue weighted by Crippen LogP contribution is -1.98. The predicted octanol–water partition coefficient (Wildman–Crippen LogP) is 2.80. The molecule has 1 aromatic heterocycles. The molecule has 2 rings (SSSR count). The van der Waals surface area contributed by atoms with Crippen molar-refractivity contribution in [1.29, 1.82) is 0 Å². The topological polar surface area (TPSA) is 57.4 Å². The Morgan fingerprint density at radius 1 is 1.24 bits per heavy atom. The van der Waals surface area contributed by atoms with E-state index in [0.29, 0.717) is 27.9 Å². The Hall–Kier alpha value is -1.68. The van der Waals surface area contributed by atoms with Gasteiger partial charge >= 0.3 is 0 Å². The Balaban J connectivity index is 2.97. The second-order valence-corrected chi connectivity index (χ2v) is 4.07. The molecule has 0 bridgehead atoms. The molecule has 5 heteroatoms. The number of ether oxygens (including phenoxy) is 2. The van der Waals surface area contributed by atoms with Crippen LogP contribution in [0.25, 0.3) is 10.9 Å². The van der Waals surface area contributed by atoms with Gasteiger partial charge in [-0.15, -0.1) is 0 Å². The molecule has 0 saturated heterocycles. The van der Waals surface area contributed by atoms with E-state index in [9.17, 15) is 0 Å². The second-order valence-electron chi connectivity index (χ2n) is 3.69. The van der Waals surface area contributed by atoms with Crippen molar-refractivity contribution in [3.8, 4) is 11.5 Å². The highest BCUT2D eigenvalue weighted by atomic mass is 35.5. The largest absolute Gasteiger partial charge is 0.494 e. The number of fused-ring (bicyclic) bond motifs is 1. The number of methoxy groups -OCH3 is 2. The average Bonchev–Trinajstić information content (AvgIpc) is 2.28. The lowest BCUT2D eigenvalue weighted by atomic mass is 10.1. The minimum Gasteiger partial charge on any atom is -0.494 e. The van der Waals surface area contributed by atoms with Crippen LogP contribution in [0.1, 0.15) is 5.56 Å². The van der Waals surface area contributed by atoms with Crippen molar-refractivity contribution in [2.24, 2.45) is 0 Å². The number of pyridine rings is 1. The number of aryl methyl sites for hydroxylation is 1. The molecule has 0 fully saturated rings. The van der Waals surface area contributed by atoms with Gasteiger partial charge in [0.05, 0.1) is 25.3 Å². The van der Waals surface area contributed by atoms with Crippen LogP contribution in [0.3, 0.4) is 0 Å². The standard InChI is InChI=1S/C12H13ClN2O2/c1-6-4-9(13)15-11-8(16-2)5-7(14)12(17-3)10(6)11/h4-5H,14H2,1-3H3. The van der Waals surface area contributed by atoms with E-state index in [1.807, 2.05) is 6.92 Å². The summed E-state index contributed by atoms with van der Waals surface area (Å²) in [5.41, 5.74) is 8.04. The Morgan fingerprint density at radius 2 is 1.94 bits per heavy atom. The van der Waals surface area contributed by atoms with Crippen LogP contribution in [0, 0.1) is 6.92 Å². The zero-order valence-electron chi connectivity index (χ0n) is 9.87. The quantitative estimate of drug-likeness (QED) is 0.660. The molecule has 2 aromatic rings. The van der Waals surface area contributed by atoms with Gasteiger partial charge in [0, 0.05) is 6.07 Å². The van der Waals surface area contributed by atoms with Crippen LogP contribution in [0.5, 0.6) is 11.5 Å². The molecule has 0 aliphatic heterocycles. The van der Waals surface area contributed by atoms with Gasteiger partial charge in [0.2, 0.25) is 0 Å². The van der Waals surface area contributed by atoms with Crippen LogP contribution in [0.4, 0.5) is 5.69 Å². The molecule has 0 aliphatic rings. The lowest BCUT2D eigenvalue weighted by Gasteiger charge is -2.13. The number of nitrogens with two attached hydrogens (primary N) is 1. The first kappa shape index (κ1) is 11.8. The Morgan fingerprint density at radius 3 is 2.53 bits per heavy atom. The maximum absolute atomic E-state index is 5.95. The van der Waals surface area contributed by atoms with Crippen molar-refractivity contribution < 1.29 is 9.47 Å². The summed E-state index contributed by atoms with van der Waals surface area (Å²) >= 11 is 5.95. The minimum atomic E-state index is 0.417. The Kier molecular flexibility index (Phi) is 2.98. The van der Waals surface area contributed by atoms with E-state index < -0.39 is 0 Å².